The number of anilines is 1. The summed E-state index contributed by atoms with van der Waals surface area (Å²) in [6.07, 6.45) is 0. The van der Waals surface area contributed by atoms with Crippen molar-refractivity contribution in [1.82, 2.24) is 4.90 Å². The minimum atomic E-state index is -2.90. The molecule has 0 fully saturated rings. The monoisotopic (exact) mass is 380 g/mol. The SMILES string of the molecule is COc1cc(CN(C)C(=S)Nc2cc(C)ccc2C)ccc1OC(F)F. The number of nitrogens with zero attached hydrogens (tertiary/aromatic N) is 1. The van der Waals surface area contributed by atoms with Crippen molar-refractivity contribution < 1.29 is 18.3 Å². The zero-order valence-corrected chi connectivity index (χ0v) is 16.0. The van der Waals surface area contributed by atoms with E-state index in [1.165, 1.54) is 13.2 Å². The second-order valence-electron chi connectivity index (χ2n) is 5.97. The lowest BCUT2D eigenvalue weighted by Crippen LogP contribution is -2.30. The molecule has 0 aromatic heterocycles. The summed E-state index contributed by atoms with van der Waals surface area (Å²) in [5, 5.41) is 3.80. The molecule has 0 saturated heterocycles. The van der Waals surface area contributed by atoms with Crippen LogP contribution in [0.15, 0.2) is 36.4 Å². The number of alkyl halides is 2. The highest BCUT2D eigenvalue weighted by molar-refractivity contribution is 7.80. The topological polar surface area (TPSA) is 33.7 Å². The fourth-order valence-corrected chi connectivity index (χ4v) is 2.61. The summed E-state index contributed by atoms with van der Waals surface area (Å²) in [4.78, 5) is 1.86. The molecule has 0 aliphatic heterocycles. The molecular formula is C19H22F2N2O2S. The van der Waals surface area contributed by atoms with Gasteiger partial charge in [-0.05, 0) is 61.0 Å². The minimum Gasteiger partial charge on any atom is -0.493 e. The molecule has 2 aromatic carbocycles. The molecule has 26 heavy (non-hydrogen) atoms. The van der Waals surface area contributed by atoms with Crippen LogP contribution in [0.4, 0.5) is 14.5 Å². The summed E-state index contributed by atoms with van der Waals surface area (Å²) in [5.74, 6) is 0.259. The van der Waals surface area contributed by atoms with Crippen LogP contribution in [0.5, 0.6) is 11.5 Å². The van der Waals surface area contributed by atoms with Crippen molar-refractivity contribution in [3.63, 3.8) is 0 Å². The van der Waals surface area contributed by atoms with Gasteiger partial charge in [-0.3, -0.25) is 0 Å². The average molecular weight is 380 g/mol. The van der Waals surface area contributed by atoms with E-state index < -0.39 is 6.61 Å². The highest BCUT2D eigenvalue weighted by Crippen LogP contribution is 2.30. The number of nitrogens with one attached hydrogen (secondary N) is 1. The first kappa shape index (κ1) is 19.9. The van der Waals surface area contributed by atoms with E-state index in [0.717, 1.165) is 22.4 Å². The molecule has 0 atom stereocenters. The van der Waals surface area contributed by atoms with E-state index in [2.05, 4.69) is 10.1 Å². The average Bonchev–Trinajstić information content (AvgIpc) is 2.58. The molecule has 140 valence electrons. The molecule has 4 nitrogen and oxygen atoms in total. The van der Waals surface area contributed by atoms with E-state index in [1.807, 2.05) is 44.0 Å². The van der Waals surface area contributed by atoms with Crippen LogP contribution in [-0.2, 0) is 6.54 Å². The number of halogens is 2. The van der Waals surface area contributed by atoms with Gasteiger partial charge in [-0.2, -0.15) is 8.78 Å². The fourth-order valence-electron chi connectivity index (χ4n) is 2.43. The Labute approximate surface area is 157 Å². The highest BCUT2D eigenvalue weighted by atomic mass is 32.1. The maximum Gasteiger partial charge on any atom is 0.387 e. The minimum absolute atomic E-state index is 0.00462. The first-order chi connectivity index (χ1) is 12.3. The van der Waals surface area contributed by atoms with Gasteiger partial charge >= 0.3 is 6.61 Å². The number of hydrogen-bond donors (Lipinski definition) is 1. The lowest BCUT2D eigenvalue weighted by Gasteiger charge is -2.22. The molecule has 7 heteroatoms. The number of benzene rings is 2. The van der Waals surface area contributed by atoms with Crippen molar-refractivity contribution in [2.45, 2.75) is 27.0 Å². The summed E-state index contributed by atoms with van der Waals surface area (Å²) >= 11 is 5.46. The molecule has 0 heterocycles. The predicted octanol–water partition coefficient (Wildman–Crippen LogP) is 4.74. The molecule has 0 amide bonds. The van der Waals surface area contributed by atoms with Gasteiger partial charge in [-0.25, -0.2) is 0 Å². The molecule has 0 radical (unpaired) electrons. The number of hydrogen-bond acceptors (Lipinski definition) is 3. The normalized spacial score (nSPS) is 10.6. The van der Waals surface area contributed by atoms with E-state index in [-0.39, 0.29) is 11.5 Å². The van der Waals surface area contributed by atoms with Crippen molar-refractivity contribution in [3.8, 4) is 11.5 Å². The maximum absolute atomic E-state index is 12.4. The number of thiocarbonyl (C=S) groups is 1. The van der Waals surface area contributed by atoms with Crippen molar-refractivity contribution in [2.24, 2.45) is 0 Å². The molecule has 1 N–H and O–H groups in total. The van der Waals surface area contributed by atoms with Gasteiger partial charge in [0.1, 0.15) is 0 Å². The Kier molecular flexibility index (Phi) is 6.74. The summed E-state index contributed by atoms with van der Waals surface area (Å²) in [5.41, 5.74) is 4.06. The molecule has 0 bridgehead atoms. The van der Waals surface area contributed by atoms with Crippen LogP contribution in [0.3, 0.4) is 0 Å². The lowest BCUT2D eigenvalue weighted by molar-refractivity contribution is -0.0512. The lowest BCUT2D eigenvalue weighted by atomic mass is 10.1. The zero-order valence-electron chi connectivity index (χ0n) is 15.2. The van der Waals surface area contributed by atoms with Crippen LogP contribution < -0.4 is 14.8 Å². The number of aryl methyl sites for hydroxylation is 2. The summed E-state index contributed by atoms with van der Waals surface area (Å²) in [6, 6.07) is 11.0. The third kappa shape index (κ3) is 5.29. The Balaban J connectivity index is 2.07. The van der Waals surface area contributed by atoms with E-state index in [0.29, 0.717) is 11.7 Å². The number of methoxy groups -OCH3 is 1. The second kappa shape index (κ2) is 8.80. The van der Waals surface area contributed by atoms with Crippen molar-refractivity contribution in [2.75, 3.05) is 19.5 Å². The first-order valence-electron chi connectivity index (χ1n) is 8.01. The van der Waals surface area contributed by atoms with Gasteiger partial charge < -0.3 is 19.7 Å². The third-order valence-electron chi connectivity index (χ3n) is 3.85. The van der Waals surface area contributed by atoms with Gasteiger partial charge in [0.05, 0.1) is 7.11 Å². The van der Waals surface area contributed by atoms with E-state index in [4.69, 9.17) is 17.0 Å². The summed E-state index contributed by atoms with van der Waals surface area (Å²) in [6.45, 7) is 1.62. The van der Waals surface area contributed by atoms with Gasteiger partial charge in [0.25, 0.3) is 0 Å². The van der Waals surface area contributed by atoms with Crippen molar-refractivity contribution in [3.05, 3.63) is 53.1 Å². The smallest absolute Gasteiger partial charge is 0.387 e. The molecule has 0 saturated carbocycles. The fraction of sp³-hybridized carbons (Fsp3) is 0.316. The molecular weight excluding hydrogens is 358 g/mol. The van der Waals surface area contributed by atoms with E-state index in [1.54, 1.807) is 12.1 Å². The molecule has 0 unspecified atom stereocenters. The van der Waals surface area contributed by atoms with Crippen molar-refractivity contribution >= 4 is 23.0 Å². The van der Waals surface area contributed by atoms with Crippen LogP contribution in [0.1, 0.15) is 16.7 Å². The largest absolute Gasteiger partial charge is 0.493 e. The second-order valence-corrected chi connectivity index (χ2v) is 6.36. The summed E-state index contributed by atoms with van der Waals surface area (Å²) < 4.78 is 34.4. The van der Waals surface area contributed by atoms with Crippen LogP contribution in [0, 0.1) is 13.8 Å². The highest BCUT2D eigenvalue weighted by Gasteiger charge is 2.13. The molecule has 0 aliphatic carbocycles. The van der Waals surface area contributed by atoms with Gasteiger partial charge in [-0.15, -0.1) is 0 Å². The molecule has 2 rings (SSSR count). The number of rotatable bonds is 6. The Morgan fingerprint density at radius 3 is 2.54 bits per heavy atom. The van der Waals surface area contributed by atoms with Crippen LogP contribution >= 0.6 is 12.2 Å². The standard InChI is InChI=1S/C19H22F2N2O2S/c1-12-5-6-13(2)15(9-12)22-19(26)23(3)11-14-7-8-16(25-18(20)21)17(10-14)24-4/h5-10,18H,11H2,1-4H3,(H,22,26). The quantitative estimate of drug-likeness (QED) is 0.732. The molecule has 0 spiro atoms. The Morgan fingerprint density at radius 2 is 1.88 bits per heavy atom. The molecule has 0 aliphatic rings. The number of ether oxygens (including phenoxy) is 2. The van der Waals surface area contributed by atoms with Crippen LogP contribution in [0.2, 0.25) is 0 Å². The van der Waals surface area contributed by atoms with Gasteiger partial charge in [0.15, 0.2) is 16.6 Å². The maximum atomic E-state index is 12.4. The third-order valence-corrected chi connectivity index (χ3v) is 4.26. The van der Waals surface area contributed by atoms with Gasteiger partial charge in [0, 0.05) is 19.3 Å². The first-order valence-corrected chi connectivity index (χ1v) is 8.42. The Hall–Kier alpha value is -2.41. The van der Waals surface area contributed by atoms with Gasteiger partial charge in [-0.1, -0.05) is 18.2 Å². The van der Waals surface area contributed by atoms with Gasteiger partial charge in [0.2, 0.25) is 0 Å². The van der Waals surface area contributed by atoms with E-state index >= 15 is 0 Å². The van der Waals surface area contributed by atoms with Crippen molar-refractivity contribution in [1.29, 1.82) is 0 Å². The summed E-state index contributed by atoms with van der Waals surface area (Å²) in [7, 11) is 3.27. The Bertz CT molecular complexity index is 784. The van der Waals surface area contributed by atoms with Crippen LogP contribution in [0.25, 0.3) is 0 Å². The zero-order chi connectivity index (χ0) is 19.3. The van der Waals surface area contributed by atoms with E-state index in [9.17, 15) is 8.78 Å². The van der Waals surface area contributed by atoms with Crippen LogP contribution in [-0.4, -0.2) is 30.8 Å². The predicted molar refractivity (Wildman–Crippen MR) is 103 cm³/mol. The Morgan fingerprint density at radius 1 is 1.15 bits per heavy atom. The molecule has 2 aromatic rings.